The van der Waals surface area contributed by atoms with Crippen molar-refractivity contribution in [2.75, 3.05) is 0 Å². The monoisotopic (exact) mass is 179 g/mol. The fourth-order valence-corrected chi connectivity index (χ4v) is 1.13. The summed E-state index contributed by atoms with van der Waals surface area (Å²) in [4.78, 5) is 21.7. The molecule has 0 aromatic carbocycles. The highest BCUT2D eigenvalue weighted by molar-refractivity contribution is 7.80. The summed E-state index contributed by atoms with van der Waals surface area (Å²) in [6.45, 7) is 0. The largest absolute Gasteiger partial charge is 0.306 e. The molecule has 2 heterocycles. The predicted molar refractivity (Wildman–Crippen MR) is 47.4 cm³/mol. The molecule has 2 aromatic heterocycles. The maximum absolute atomic E-state index is 11.0. The zero-order valence-corrected chi connectivity index (χ0v) is 6.88. The Labute approximate surface area is 73.1 Å². The van der Waals surface area contributed by atoms with E-state index in [1.54, 1.807) is 12.3 Å². The van der Waals surface area contributed by atoms with Crippen LogP contribution in [0.4, 0.5) is 0 Å². The van der Waals surface area contributed by atoms with Crippen LogP contribution < -0.4 is 5.56 Å². The van der Waals surface area contributed by atoms with Gasteiger partial charge in [-0.3, -0.25) is 4.79 Å². The Kier molecular flexibility index (Phi) is 1.58. The topological polar surface area (TPSA) is 58.6 Å². The van der Waals surface area contributed by atoms with Gasteiger partial charge in [-0.15, -0.1) is 12.6 Å². The first-order valence-electron chi connectivity index (χ1n) is 3.29. The molecule has 12 heavy (non-hydrogen) atoms. The first kappa shape index (κ1) is 7.30. The van der Waals surface area contributed by atoms with Crippen LogP contribution in [0.5, 0.6) is 0 Å². The third-order valence-corrected chi connectivity index (χ3v) is 1.83. The number of nitrogens with zero attached hydrogens (tertiary/aromatic N) is 2. The van der Waals surface area contributed by atoms with Crippen molar-refractivity contribution >= 4 is 23.7 Å². The SMILES string of the molecule is O=c1[nH]c2ncncc2cc1S. The molecule has 0 fully saturated rings. The molecule has 0 atom stereocenters. The van der Waals surface area contributed by atoms with Crippen LogP contribution in [0.2, 0.25) is 0 Å². The molecule has 0 unspecified atom stereocenters. The lowest BCUT2D eigenvalue weighted by atomic mass is 10.3. The number of rotatable bonds is 0. The number of aromatic amines is 1. The van der Waals surface area contributed by atoms with Crippen molar-refractivity contribution in [1.82, 2.24) is 15.0 Å². The van der Waals surface area contributed by atoms with Gasteiger partial charge in [0, 0.05) is 11.6 Å². The number of nitrogens with one attached hydrogen (secondary N) is 1. The predicted octanol–water partition coefficient (Wildman–Crippen LogP) is 0.607. The summed E-state index contributed by atoms with van der Waals surface area (Å²) in [6, 6.07) is 1.64. The second-order valence-electron chi connectivity index (χ2n) is 2.31. The van der Waals surface area contributed by atoms with Gasteiger partial charge in [0.1, 0.15) is 12.0 Å². The van der Waals surface area contributed by atoms with Crippen molar-refractivity contribution in [3.05, 3.63) is 28.9 Å². The van der Waals surface area contributed by atoms with Crippen LogP contribution in [0.1, 0.15) is 0 Å². The highest BCUT2D eigenvalue weighted by Crippen LogP contribution is 2.07. The van der Waals surface area contributed by atoms with E-state index in [0.717, 1.165) is 5.39 Å². The summed E-state index contributed by atoms with van der Waals surface area (Å²) in [5.74, 6) is 0. The van der Waals surface area contributed by atoms with Crippen LogP contribution >= 0.6 is 12.6 Å². The second kappa shape index (κ2) is 2.60. The third kappa shape index (κ3) is 1.08. The van der Waals surface area contributed by atoms with E-state index in [0.29, 0.717) is 10.5 Å². The van der Waals surface area contributed by atoms with Crippen LogP contribution in [0.3, 0.4) is 0 Å². The molecule has 4 nitrogen and oxygen atoms in total. The van der Waals surface area contributed by atoms with E-state index in [9.17, 15) is 4.79 Å². The molecule has 0 amide bonds. The molecule has 5 heteroatoms. The summed E-state index contributed by atoms with van der Waals surface area (Å²) in [5.41, 5.74) is 0.303. The van der Waals surface area contributed by atoms with E-state index < -0.39 is 0 Å². The van der Waals surface area contributed by atoms with Gasteiger partial charge in [-0.1, -0.05) is 0 Å². The van der Waals surface area contributed by atoms with Crippen molar-refractivity contribution < 1.29 is 0 Å². The van der Waals surface area contributed by atoms with Crippen LogP contribution in [-0.2, 0) is 0 Å². The van der Waals surface area contributed by atoms with Crippen LogP contribution in [-0.4, -0.2) is 15.0 Å². The summed E-state index contributed by atoms with van der Waals surface area (Å²) in [5, 5.41) is 0.780. The smallest absolute Gasteiger partial charge is 0.263 e. The molecular formula is C7H5N3OS. The van der Waals surface area contributed by atoms with Gasteiger partial charge in [0.15, 0.2) is 0 Å². The summed E-state index contributed by atoms with van der Waals surface area (Å²) in [7, 11) is 0. The van der Waals surface area contributed by atoms with Gasteiger partial charge in [-0.25, -0.2) is 9.97 Å². The number of fused-ring (bicyclic) bond motifs is 1. The molecule has 2 aromatic rings. The minimum atomic E-state index is -0.232. The minimum absolute atomic E-state index is 0.232. The fraction of sp³-hybridized carbons (Fsp3) is 0. The van der Waals surface area contributed by atoms with Gasteiger partial charge in [0.05, 0.1) is 4.90 Å². The van der Waals surface area contributed by atoms with E-state index >= 15 is 0 Å². The van der Waals surface area contributed by atoms with E-state index in [-0.39, 0.29) is 5.56 Å². The molecule has 0 radical (unpaired) electrons. The number of hydrogen-bond donors (Lipinski definition) is 2. The van der Waals surface area contributed by atoms with Gasteiger partial charge < -0.3 is 4.98 Å². The van der Waals surface area contributed by atoms with Crippen molar-refractivity contribution in [1.29, 1.82) is 0 Å². The molecule has 0 aliphatic heterocycles. The quantitative estimate of drug-likeness (QED) is 0.582. The average molecular weight is 179 g/mol. The Balaban J connectivity index is 2.93. The number of pyridine rings is 1. The Morgan fingerprint density at radius 1 is 1.50 bits per heavy atom. The molecule has 0 spiro atoms. The van der Waals surface area contributed by atoms with Gasteiger partial charge >= 0.3 is 0 Å². The lowest BCUT2D eigenvalue weighted by Crippen LogP contribution is -2.07. The molecule has 0 bridgehead atoms. The molecule has 2 rings (SSSR count). The lowest BCUT2D eigenvalue weighted by Gasteiger charge is -1.94. The van der Waals surface area contributed by atoms with Gasteiger partial charge in [0.2, 0.25) is 0 Å². The average Bonchev–Trinajstić information content (AvgIpc) is 2.07. The molecular weight excluding hydrogens is 174 g/mol. The van der Waals surface area contributed by atoms with Crippen molar-refractivity contribution in [3.63, 3.8) is 0 Å². The van der Waals surface area contributed by atoms with Crippen molar-refractivity contribution in [2.45, 2.75) is 4.90 Å². The van der Waals surface area contributed by atoms with Crippen molar-refractivity contribution in [3.8, 4) is 0 Å². The number of aromatic nitrogens is 3. The highest BCUT2D eigenvalue weighted by atomic mass is 32.1. The zero-order valence-electron chi connectivity index (χ0n) is 5.98. The van der Waals surface area contributed by atoms with E-state index in [4.69, 9.17) is 0 Å². The van der Waals surface area contributed by atoms with Crippen LogP contribution in [0, 0.1) is 0 Å². The Morgan fingerprint density at radius 3 is 3.17 bits per heavy atom. The van der Waals surface area contributed by atoms with E-state index in [1.165, 1.54) is 6.33 Å². The Bertz CT molecular complexity index is 479. The standard InChI is InChI=1S/C7H5N3OS/c11-7-5(12)1-4-2-8-3-9-6(4)10-7/h1-3,12H,(H,8,9,10,11). The Morgan fingerprint density at radius 2 is 2.33 bits per heavy atom. The van der Waals surface area contributed by atoms with E-state index in [2.05, 4.69) is 27.6 Å². The van der Waals surface area contributed by atoms with E-state index in [1.807, 2.05) is 0 Å². The highest BCUT2D eigenvalue weighted by Gasteiger charge is 1.98. The van der Waals surface area contributed by atoms with Crippen molar-refractivity contribution in [2.24, 2.45) is 0 Å². The van der Waals surface area contributed by atoms with Crippen LogP contribution in [0.15, 0.2) is 28.3 Å². The molecule has 1 N–H and O–H groups in total. The maximum atomic E-state index is 11.0. The third-order valence-electron chi connectivity index (χ3n) is 1.50. The second-order valence-corrected chi connectivity index (χ2v) is 2.79. The van der Waals surface area contributed by atoms with Gasteiger partial charge in [-0.2, -0.15) is 0 Å². The number of thiol groups is 1. The molecule has 0 aliphatic rings. The molecule has 0 aliphatic carbocycles. The Hall–Kier alpha value is -1.36. The van der Waals surface area contributed by atoms with Crippen LogP contribution in [0.25, 0.3) is 11.0 Å². The van der Waals surface area contributed by atoms with Gasteiger partial charge in [-0.05, 0) is 6.07 Å². The maximum Gasteiger partial charge on any atom is 0.263 e. The molecule has 0 saturated carbocycles. The molecule has 0 saturated heterocycles. The van der Waals surface area contributed by atoms with Gasteiger partial charge in [0.25, 0.3) is 5.56 Å². The summed E-state index contributed by atoms with van der Waals surface area (Å²) >= 11 is 3.97. The minimum Gasteiger partial charge on any atom is -0.306 e. The normalized spacial score (nSPS) is 10.4. The summed E-state index contributed by atoms with van der Waals surface area (Å²) in [6.07, 6.45) is 3.01. The zero-order chi connectivity index (χ0) is 8.55. The number of H-pyrrole nitrogens is 1. The number of hydrogen-bond acceptors (Lipinski definition) is 4. The fourth-order valence-electron chi connectivity index (χ4n) is 0.935. The lowest BCUT2D eigenvalue weighted by molar-refractivity contribution is 1.12. The first-order valence-corrected chi connectivity index (χ1v) is 3.74. The molecule has 60 valence electrons. The first-order chi connectivity index (χ1) is 5.77. The summed E-state index contributed by atoms with van der Waals surface area (Å²) < 4.78 is 0.